The Hall–Kier alpha value is -1.12. The van der Waals surface area contributed by atoms with Crippen molar-refractivity contribution in [2.75, 3.05) is 0 Å². The van der Waals surface area contributed by atoms with Crippen LogP contribution in [0.5, 0.6) is 0 Å². The summed E-state index contributed by atoms with van der Waals surface area (Å²) in [6, 6.07) is 19.8. The Bertz CT molecular complexity index is 524. The maximum absolute atomic E-state index is 3.63. The van der Waals surface area contributed by atoms with Crippen LogP contribution >= 0.6 is 15.9 Å². The van der Waals surface area contributed by atoms with E-state index in [2.05, 4.69) is 75.8 Å². The van der Waals surface area contributed by atoms with Crippen molar-refractivity contribution in [3.05, 3.63) is 70.2 Å². The van der Waals surface area contributed by atoms with Gasteiger partial charge in [0, 0.05) is 23.0 Å². The lowest BCUT2D eigenvalue weighted by molar-refractivity contribution is 0.671. The first-order valence-corrected chi connectivity index (χ1v) is 7.15. The van der Waals surface area contributed by atoms with E-state index in [9.17, 15) is 0 Å². The van der Waals surface area contributed by atoms with E-state index in [0.29, 0.717) is 12.0 Å². The number of rotatable bonds is 4. The van der Waals surface area contributed by atoms with Crippen molar-refractivity contribution >= 4 is 15.9 Å². The Kier molecular flexibility index (Phi) is 3.48. The summed E-state index contributed by atoms with van der Waals surface area (Å²) in [4.78, 5) is 0. The predicted octanol–water partition coefficient (Wildman–Crippen LogP) is 4.09. The van der Waals surface area contributed by atoms with E-state index in [-0.39, 0.29) is 0 Å². The molecule has 1 aliphatic carbocycles. The third kappa shape index (κ3) is 2.65. The van der Waals surface area contributed by atoms with Crippen molar-refractivity contribution in [3.63, 3.8) is 0 Å². The van der Waals surface area contributed by atoms with Crippen LogP contribution in [0.15, 0.2) is 59.1 Å². The second-order valence-corrected chi connectivity index (χ2v) is 5.69. The summed E-state index contributed by atoms with van der Waals surface area (Å²) in [5.41, 5.74) is 2.79. The molecular weight excluding hydrogens is 286 g/mol. The van der Waals surface area contributed by atoms with E-state index < -0.39 is 0 Å². The minimum absolute atomic E-state index is 0.638. The van der Waals surface area contributed by atoms with Gasteiger partial charge in [-0.25, -0.2) is 0 Å². The fraction of sp³-hybridized carbons (Fsp3) is 0.250. The molecule has 2 aromatic carbocycles. The minimum atomic E-state index is 0.638. The monoisotopic (exact) mass is 301 g/mol. The zero-order chi connectivity index (χ0) is 12.4. The first-order chi connectivity index (χ1) is 8.84. The molecule has 0 radical (unpaired) electrons. The molecule has 0 heterocycles. The number of halogens is 1. The van der Waals surface area contributed by atoms with Crippen molar-refractivity contribution < 1.29 is 0 Å². The first kappa shape index (κ1) is 11.9. The topological polar surface area (TPSA) is 12.0 Å². The van der Waals surface area contributed by atoms with Crippen LogP contribution in [0.2, 0.25) is 0 Å². The van der Waals surface area contributed by atoms with Crippen LogP contribution in [0.4, 0.5) is 0 Å². The average molecular weight is 302 g/mol. The van der Waals surface area contributed by atoms with Gasteiger partial charge in [-0.2, -0.15) is 0 Å². The Morgan fingerprint density at radius 1 is 1.00 bits per heavy atom. The van der Waals surface area contributed by atoms with Gasteiger partial charge in [0.1, 0.15) is 0 Å². The van der Waals surface area contributed by atoms with Crippen LogP contribution in [0.25, 0.3) is 0 Å². The summed E-state index contributed by atoms with van der Waals surface area (Å²) in [6.07, 6.45) is 1.26. The van der Waals surface area contributed by atoms with E-state index in [1.54, 1.807) is 0 Å². The van der Waals surface area contributed by atoms with E-state index in [1.807, 2.05) is 0 Å². The normalized spacial score (nSPS) is 21.8. The Morgan fingerprint density at radius 3 is 2.50 bits per heavy atom. The second kappa shape index (κ2) is 5.25. The Morgan fingerprint density at radius 2 is 1.72 bits per heavy atom. The SMILES string of the molecule is Brc1ccccc1CNC1CC1c1ccccc1. The maximum atomic E-state index is 3.63. The molecule has 18 heavy (non-hydrogen) atoms. The molecule has 2 unspecified atom stereocenters. The van der Waals surface area contributed by atoms with Crippen LogP contribution in [0.1, 0.15) is 23.5 Å². The number of hydrogen-bond donors (Lipinski definition) is 1. The average Bonchev–Trinajstić information content (AvgIpc) is 3.18. The van der Waals surface area contributed by atoms with Gasteiger partial charge in [0.2, 0.25) is 0 Å². The lowest BCUT2D eigenvalue weighted by Crippen LogP contribution is -2.17. The van der Waals surface area contributed by atoms with Crippen LogP contribution < -0.4 is 5.32 Å². The quantitative estimate of drug-likeness (QED) is 0.897. The van der Waals surface area contributed by atoms with Gasteiger partial charge in [-0.15, -0.1) is 0 Å². The molecule has 1 nitrogen and oxygen atoms in total. The lowest BCUT2D eigenvalue weighted by Gasteiger charge is -2.06. The molecule has 2 atom stereocenters. The van der Waals surface area contributed by atoms with Crippen molar-refractivity contribution in [1.82, 2.24) is 5.32 Å². The van der Waals surface area contributed by atoms with Crippen molar-refractivity contribution in [2.45, 2.75) is 24.9 Å². The minimum Gasteiger partial charge on any atom is -0.309 e. The van der Waals surface area contributed by atoms with Crippen molar-refractivity contribution in [3.8, 4) is 0 Å². The molecule has 92 valence electrons. The molecule has 2 heteroatoms. The van der Waals surface area contributed by atoms with E-state index in [1.165, 1.54) is 22.0 Å². The molecule has 1 N–H and O–H groups in total. The zero-order valence-electron chi connectivity index (χ0n) is 10.1. The van der Waals surface area contributed by atoms with Gasteiger partial charge in [0.15, 0.2) is 0 Å². The van der Waals surface area contributed by atoms with Crippen molar-refractivity contribution in [2.24, 2.45) is 0 Å². The van der Waals surface area contributed by atoms with Gasteiger partial charge >= 0.3 is 0 Å². The van der Waals surface area contributed by atoms with Crippen LogP contribution in [-0.4, -0.2) is 6.04 Å². The Labute approximate surface area is 116 Å². The molecule has 1 saturated carbocycles. The maximum Gasteiger partial charge on any atom is 0.0220 e. The second-order valence-electron chi connectivity index (χ2n) is 4.83. The van der Waals surface area contributed by atoms with E-state index >= 15 is 0 Å². The summed E-state index contributed by atoms with van der Waals surface area (Å²) in [7, 11) is 0. The summed E-state index contributed by atoms with van der Waals surface area (Å²) < 4.78 is 1.19. The third-order valence-electron chi connectivity index (χ3n) is 3.53. The first-order valence-electron chi connectivity index (χ1n) is 6.36. The lowest BCUT2D eigenvalue weighted by atomic mass is 10.1. The molecular formula is C16H16BrN. The number of nitrogens with one attached hydrogen (secondary N) is 1. The molecule has 0 spiro atoms. The molecule has 2 aromatic rings. The van der Waals surface area contributed by atoms with Crippen LogP contribution in [0.3, 0.4) is 0 Å². The van der Waals surface area contributed by atoms with E-state index in [0.717, 1.165) is 6.54 Å². The third-order valence-corrected chi connectivity index (χ3v) is 4.30. The Balaban J connectivity index is 1.56. The van der Waals surface area contributed by atoms with Crippen LogP contribution in [0, 0.1) is 0 Å². The fourth-order valence-corrected chi connectivity index (χ4v) is 2.80. The predicted molar refractivity (Wildman–Crippen MR) is 78.6 cm³/mol. The largest absolute Gasteiger partial charge is 0.309 e. The van der Waals surface area contributed by atoms with E-state index in [4.69, 9.17) is 0 Å². The molecule has 0 amide bonds. The molecule has 0 aromatic heterocycles. The summed E-state index contributed by atoms with van der Waals surface area (Å²) >= 11 is 3.59. The molecule has 0 aliphatic heterocycles. The van der Waals surface area contributed by atoms with Crippen molar-refractivity contribution in [1.29, 1.82) is 0 Å². The fourth-order valence-electron chi connectivity index (χ4n) is 2.37. The van der Waals surface area contributed by atoms with Gasteiger partial charge in [-0.05, 0) is 23.6 Å². The van der Waals surface area contributed by atoms with Gasteiger partial charge < -0.3 is 5.32 Å². The summed E-state index contributed by atoms with van der Waals surface area (Å²) in [6.45, 7) is 0.940. The number of hydrogen-bond acceptors (Lipinski definition) is 1. The zero-order valence-corrected chi connectivity index (χ0v) is 11.7. The highest BCUT2D eigenvalue weighted by Gasteiger charge is 2.37. The highest BCUT2D eigenvalue weighted by atomic mass is 79.9. The molecule has 0 bridgehead atoms. The van der Waals surface area contributed by atoms with Gasteiger partial charge in [0.05, 0.1) is 0 Å². The number of benzene rings is 2. The summed E-state index contributed by atoms with van der Waals surface area (Å²) in [5, 5.41) is 3.63. The highest BCUT2D eigenvalue weighted by Crippen LogP contribution is 2.40. The standard InChI is InChI=1S/C16H16BrN/c17-15-9-5-4-8-13(15)11-18-16-10-14(16)12-6-2-1-3-7-12/h1-9,14,16,18H,10-11H2. The van der Waals surface area contributed by atoms with Crippen LogP contribution in [-0.2, 0) is 6.54 Å². The van der Waals surface area contributed by atoms with Gasteiger partial charge in [0.25, 0.3) is 0 Å². The highest BCUT2D eigenvalue weighted by molar-refractivity contribution is 9.10. The summed E-state index contributed by atoms with van der Waals surface area (Å²) in [5.74, 6) is 0.702. The molecule has 0 saturated heterocycles. The molecule has 3 rings (SSSR count). The van der Waals surface area contributed by atoms with Gasteiger partial charge in [-0.3, -0.25) is 0 Å². The molecule has 1 aliphatic rings. The van der Waals surface area contributed by atoms with Gasteiger partial charge in [-0.1, -0.05) is 64.5 Å². The smallest absolute Gasteiger partial charge is 0.0220 e. The molecule has 1 fully saturated rings.